The third-order valence-electron chi connectivity index (χ3n) is 8.06. The van der Waals surface area contributed by atoms with Crippen LogP contribution in [-0.4, -0.2) is 51.0 Å². The zero-order valence-corrected chi connectivity index (χ0v) is 25.7. The van der Waals surface area contributed by atoms with Crippen LogP contribution in [0, 0.1) is 0 Å². The highest BCUT2D eigenvalue weighted by molar-refractivity contribution is 5.82. The minimum absolute atomic E-state index is 0.114. The third kappa shape index (κ3) is 5.24. The summed E-state index contributed by atoms with van der Waals surface area (Å²) in [5.74, 6) is 0.921. The van der Waals surface area contributed by atoms with Gasteiger partial charge in [0.25, 0.3) is 11.1 Å². The van der Waals surface area contributed by atoms with Crippen molar-refractivity contribution in [3.63, 3.8) is 0 Å². The summed E-state index contributed by atoms with van der Waals surface area (Å²) in [5, 5.41) is 17.5. The van der Waals surface area contributed by atoms with Gasteiger partial charge in [-0.25, -0.2) is 14.3 Å². The van der Waals surface area contributed by atoms with Gasteiger partial charge in [-0.1, -0.05) is 55.5 Å². The minimum atomic E-state index is -0.780. The number of hydrogen-bond acceptors (Lipinski definition) is 7. The Kier molecular flexibility index (Phi) is 7.52. The van der Waals surface area contributed by atoms with Crippen LogP contribution in [0.2, 0.25) is 0 Å². The maximum absolute atomic E-state index is 14.2. The van der Waals surface area contributed by atoms with Gasteiger partial charge >= 0.3 is 0 Å². The van der Waals surface area contributed by atoms with E-state index in [1.807, 2.05) is 87.7 Å². The van der Waals surface area contributed by atoms with Crippen LogP contribution in [0.5, 0.6) is 0 Å². The molecule has 3 aromatic heterocycles. The number of aromatic nitrogens is 8. The number of carbonyl (C=O) groups is 1. The number of hydrogen-bond donors (Lipinski definition) is 2. The molecular formula is C32H37N9O3. The smallest absolute Gasteiger partial charge is 0.294 e. The molecule has 0 aliphatic carbocycles. The Bertz CT molecular complexity index is 1940. The van der Waals surface area contributed by atoms with Gasteiger partial charge in [0.2, 0.25) is 11.7 Å². The molecule has 2 N–H and O–H groups in total. The first-order valence-corrected chi connectivity index (χ1v) is 15.1. The number of benzene rings is 2. The van der Waals surface area contributed by atoms with Crippen molar-refractivity contribution in [1.29, 1.82) is 0 Å². The highest BCUT2D eigenvalue weighted by atomic mass is 16.2. The molecule has 44 heavy (non-hydrogen) atoms. The summed E-state index contributed by atoms with van der Waals surface area (Å²) in [4.78, 5) is 46.3. The van der Waals surface area contributed by atoms with Gasteiger partial charge in [-0.15, -0.1) is 10.2 Å². The molecule has 1 aliphatic rings. The van der Waals surface area contributed by atoms with Gasteiger partial charge in [0.1, 0.15) is 17.4 Å². The number of tetrazole rings is 1. The second-order valence-electron chi connectivity index (χ2n) is 12.5. The number of aryl methyl sites for hydroxylation is 1. The van der Waals surface area contributed by atoms with Crippen LogP contribution in [0.4, 0.5) is 0 Å². The molecule has 228 valence electrons. The van der Waals surface area contributed by atoms with Crippen molar-refractivity contribution in [1.82, 2.24) is 44.9 Å². The highest BCUT2D eigenvalue weighted by Gasteiger charge is 2.35. The molecule has 0 spiro atoms. The van der Waals surface area contributed by atoms with Crippen molar-refractivity contribution < 1.29 is 4.79 Å². The topological polar surface area (TPSA) is 145 Å². The number of aromatic amines is 1. The molecule has 2 aromatic carbocycles. The quantitative estimate of drug-likeness (QED) is 0.289. The SMILES string of the molecule is CCCc1nc2c(=O)n3n(c(=O)c2n1Cc1ccc(-c2ccccc2-c2nn[nH]n2)cc1)C(C)CCC3C(=O)NC(C)(C)C. The maximum Gasteiger partial charge on any atom is 0.294 e. The summed E-state index contributed by atoms with van der Waals surface area (Å²) >= 11 is 0. The number of rotatable bonds is 7. The number of nitrogens with one attached hydrogen (secondary N) is 2. The molecule has 12 nitrogen and oxygen atoms in total. The van der Waals surface area contributed by atoms with Gasteiger partial charge in [-0.05, 0) is 68.9 Å². The summed E-state index contributed by atoms with van der Waals surface area (Å²) in [7, 11) is 0. The van der Waals surface area contributed by atoms with E-state index in [2.05, 4.69) is 25.9 Å². The minimum Gasteiger partial charge on any atom is -0.350 e. The standard InChI is InChI=1S/C32H37N9O3/c1-6-9-25-33-26-27(31(44)40-19(2)12-17-24(41(40)30(26)43)29(42)34-32(3,4)5)39(25)18-20-13-15-21(16-14-20)22-10-7-8-11-23(22)28-35-37-38-36-28/h7-8,10-11,13-16,19,24H,6,9,12,17-18H2,1-5H3,(H,34,42)(H,35,36,37,38). The molecule has 2 atom stereocenters. The molecule has 12 heteroatoms. The van der Waals surface area contributed by atoms with Crippen LogP contribution in [-0.2, 0) is 17.8 Å². The first kappa shape index (κ1) is 29.2. The van der Waals surface area contributed by atoms with E-state index in [-0.39, 0.29) is 28.5 Å². The van der Waals surface area contributed by atoms with E-state index in [9.17, 15) is 14.4 Å². The number of imidazole rings is 1. The number of H-pyrrole nitrogens is 1. The van der Waals surface area contributed by atoms with Crippen LogP contribution >= 0.6 is 0 Å². The van der Waals surface area contributed by atoms with Crippen molar-refractivity contribution in [2.75, 3.05) is 0 Å². The van der Waals surface area contributed by atoms with E-state index in [1.54, 1.807) is 0 Å². The van der Waals surface area contributed by atoms with Gasteiger partial charge in [-0.2, -0.15) is 5.21 Å². The van der Waals surface area contributed by atoms with Crippen molar-refractivity contribution in [2.45, 2.75) is 84.5 Å². The lowest BCUT2D eigenvalue weighted by atomic mass is 9.98. The monoisotopic (exact) mass is 595 g/mol. The molecule has 4 heterocycles. The molecule has 1 amide bonds. The zero-order chi connectivity index (χ0) is 31.2. The molecule has 2 unspecified atom stereocenters. The first-order chi connectivity index (χ1) is 21.1. The van der Waals surface area contributed by atoms with Crippen LogP contribution in [0.1, 0.15) is 77.4 Å². The zero-order valence-electron chi connectivity index (χ0n) is 25.7. The first-order valence-electron chi connectivity index (χ1n) is 15.1. The van der Waals surface area contributed by atoms with Crippen LogP contribution in [0.15, 0.2) is 58.1 Å². The lowest BCUT2D eigenvalue weighted by molar-refractivity contribution is -0.127. The van der Waals surface area contributed by atoms with Crippen molar-refractivity contribution >= 4 is 16.9 Å². The summed E-state index contributed by atoms with van der Waals surface area (Å²) in [6, 6.07) is 14.9. The number of amides is 1. The van der Waals surface area contributed by atoms with Gasteiger partial charge in [0.15, 0.2) is 5.52 Å². The Hall–Kier alpha value is -4.87. The van der Waals surface area contributed by atoms with Crippen LogP contribution < -0.4 is 16.4 Å². The predicted molar refractivity (Wildman–Crippen MR) is 167 cm³/mol. The third-order valence-corrected chi connectivity index (χ3v) is 8.06. The predicted octanol–water partition coefficient (Wildman–Crippen LogP) is 4.02. The summed E-state index contributed by atoms with van der Waals surface area (Å²) in [5.41, 5.74) is 2.98. The summed E-state index contributed by atoms with van der Waals surface area (Å²) in [6.45, 7) is 10.0. The average molecular weight is 596 g/mol. The molecule has 0 saturated heterocycles. The fraction of sp³-hybridized carbons (Fsp3) is 0.406. The van der Waals surface area contributed by atoms with E-state index in [1.165, 1.54) is 9.36 Å². The molecule has 5 aromatic rings. The number of fused-ring (bicyclic) bond motifs is 2. The molecule has 0 fully saturated rings. The van der Waals surface area contributed by atoms with Gasteiger partial charge in [-0.3, -0.25) is 14.4 Å². The fourth-order valence-corrected chi connectivity index (χ4v) is 6.08. The number of nitrogens with zero attached hydrogens (tertiary/aromatic N) is 7. The lowest BCUT2D eigenvalue weighted by Gasteiger charge is -2.34. The van der Waals surface area contributed by atoms with E-state index in [0.717, 1.165) is 28.7 Å². The highest BCUT2D eigenvalue weighted by Crippen LogP contribution is 2.31. The normalized spacial score (nSPS) is 16.7. The molecule has 6 rings (SSSR count). The Labute approximate surface area is 254 Å². The van der Waals surface area contributed by atoms with Crippen LogP contribution in [0.25, 0.3) is 33.5 Å². The second kappa shape index (κ2) is 11.3. The Morgan fingerprint density at radius 2 is 1.73 bits per heavy atom. The lowest BCUT2D eigenvalue weighted by Crippen LogP contribution is -2.52. The Balaban J connectivity index is 1.42. The summed E-state index contributed by atoms with van der Waals surface area (Å²) < 4.78 is 4.71. The molecule has 0 radical (unpaired) electrons. The number of carbonyl (C=O) groups excluding carboxylic acids is 1. The van der Waals surface area contributed by atoms with Gasteiger partial charge in [0, 0.05) is 24.1 Å². The Morgan fingerprint density at radius 3 is 2.39 bits per heavy atom. The van der Waals surface area contributed by atoms with E-state index < -0.39 is 17.1 Å². The van der Waals surface area contributed by atoms with Crippen molar-refractivity contribution in [3.05, 3.63) is 80.6 Å². The van der Waals surface area contributed by atoms with E-state index >= 15 is 0 Å². The van der Waals surface area contributed by atoms with Crippen molar-refractivity contribution in [3.8, 4) is 22.5 Å². The molecule has 1 aliphatic heterocycles. The largest absolute Gasteiger partial charge is 0.350 e. The Morgan fingerprint density at radius 1 is 1.00 bits per heavy atom. The molecule has 0 saturated carbocycles. The average Bonchev–Trinajstić information content (AvgIpc) is 3.65. The molecule has 0 bridgehead atoms. The van der Waals surface area contributed by atoms with E-state index in [4.69, 9.17) is 4.98 Å². The van der Waals surface area contributed by atoms with Crippen molar-refractivity contribution in [2.24, 2.45) is 0 Å². The second-order valence-corrected chi connectivity index (χ2v) is 12.5. The summed E-state index contributed by atoms with van der Waals surface area (Å²) in [6.07, 6.45) is 2.48. The fourth-order valence-electron chi connectivity index (χ4n) is 6.08. The van der Waals surface area contributed by atoms with E-state index in [0.29, 0.717) is 37.5 Å². The maximum atomic E-state index is 14.2. The van der Waals surface area contributed by atoms with Gasteiger partial charge < -0.3 is 9.88 Å². The molecular weight excluding hydrogens is 558 g/mol. The van der Waals surface area contributed by atoms with Crippen LogP contribution in [0.3, 0.4) is 0 Å². The van der Waals surface area contributed by atoms with Gasteiger partial charge in [0.05, 0.1) is 6.04 Å².